The van der Waals surface area contributed by atoms with Crippen LogP contribution in [-0.4, -0.2) is 10.6 Å². The number of ether oxygens (including phenoxy) is 1. The standard InChI is InChI=1S/C16H12BrClO2/c1-9-7-13-11(8-12(9)18)15(19)14(17)16(20-13)10-5-3-2-4-6-10/h2-8,14,16H,1H3/t14-,16-/m0/s1. The van der Waals surface area contributed by atoms with Gasteiger partial charge in [-0.3, -0.25) is 4.79 Å². The van der Waals surface area contributed by atoms with Crippen LogP contribution in [0.1, 0.15) is 27.6 Å². The summed E-state index contributed by atoms with van der Waals surface area (Å²) in [4.78, 5) is 12.1. The molecule has 2 nitrogen and oxygen atoms in total. The lowest BCUT2D eigenvalue weighted by Crippen LogP contribution is -2.32. The molecule has 4 heteroatoms. The van der Waals surface area contributed by atoms with E-state index in [1.165, 1.54) is 0 Å². The summed E-state index contributed by atoms with van der Waals surface area (Å²) >= 11 is 9.54. The average Bonchev–Trinajstić information content (AvgIpc) is 2.46. The number of alkyl halides is 1. The molecule has 0 N–H and O–H groups in total. The number of carbonyl (C=O) groups is 1. The molecular formula is C16H12BrClO2. The second-order valence-corrected chi connectivity index (χ2v) is 6.21. The number of fused-ring (bicyclic) bond motifs is 1. The summed E-state index contributed by atoms with van der Waals surface area (Å²) < 4.78 is 6.01. The fourth-order valence-corrected chi connectivity index (χ4v) is 3.13. The highest BCUT2D eigenvalue weighted by atomic mass is 79.9. The molecule has 1 aliphatic heterocycles. The molecule has 2 atom stereocenters. The molecule has 0 saturated heterocycles. The molecule has 102 valence electrons. The van der Waals surface area contributed by atoms with Crippen LogP contribution in [0.5, 0.6) is 5.75 Å². The van der Waals surface area contributed by atoms with Crippen LogP contribution in [0.25, 0.3) is 0 Å². The maximum Gasteiger partial charge on any atom is 0.184 e. The summed E-state index contributed by atoms with van der Waals surface area (Å²) in [5.74, 6) is 0.600. The van der Waals surface area contributed by atoms with Crippen molar-refractivity contribution >= 4 is 33.3 Å². The summed E-state index contributed by atoms with van der Waals surface area (Å²) in [7, 11) is 0. The number of hydrogen-bond donors (Lipinski definition) is 0. The Hall–Kier alpha value is -1.32. The van der Waals surface area contributed by atoms with Crippen molar-refractivity contribution in [3.63, 3.8) is 0 Å². The van der Waals surface area contributed by atoms with E-state index in [0.29, 0.717) is 16.3 Å². The van der Waals surface area contributed by atoms with Crippen molar-refractivity contribution < 1.29 is 9.53 Å². The minimum atomic E-state index is -0.406. The minimum Gasteiger partial charge on any atom is -0.483 e. The molecule has 1 heterocycles. The van der Waals surface area contributed by atoms with Gasteiger partial charge in [-0.2, -0.15) is 0 Å². The molecule has 0 aromatic heterocycles. The number of aryl methyl sites for hydroxylation is 1. The summed E-state index contributed by atoms with van der Waals surface area (Å²) in [6.07, 6.45) is -0.322. The molecule has 0 unspecified atom stereocenters. The summed E-state index contributed by atoms with van der Waals surface area (Å²) in [5, 5.41) is 0.582. The topological polar surface area (TPSA) is 26.3 Å². The zero-order valence-electron chi connectivity index (χ0n) is 10.8. The molecular weight excluding hydrogens is 340 g/mol. The van der Waals surface area contributed by atoms with Crippen molar-refractivity contribution in [2.45, 2.75) is 17.9 Å². The van der Waals surface area contributed by atoms with Gasteiger partial charge in [0.25, 0.3) is 0 Å². The van der Waals surface area contributed by atoms with E-state index < -0.39 is 4.83 Å². The van der Waals surface area contributed by atoms with Crippen LogP contribution < -0.4 is 4.74 Å². The Morgan fingerprint density at radius 1 is 1.20 bits per heavy atom. The lowest BCUT2D eigenvalue weighted by molar-refractivity contribution is 0.0872. The third kappa shape index (κ3) is 2.25. The zero-order valence-corrected chi connectivity index (χ0v) is 13.1. The van der Waals surface area contributed by atoms with Crippen LogP contribution in [0.2, 0.25) is 5.02 Å². The van der Waals surface area contributed by atoms with Gasteiger partial charge < -0.3 is 4.74 Å². The molecule has 2 aromatic rings. The van der Waals surface area contributed by atoms with Crippen LogP contribution in [0, 0.1) is 6.92 Å². The van der Waals surface area contributed by atoms with E-state index in [-0.39, 0.29) is 11.9 Å². The number of ketones is 1. The van der Waals surface area contributed by atoms with Crippen molar-refractivity contribution in [2.75, 3.05) is 0 Å². The Morgan fingerprint density at radius 2 is 1.90 bits per heavy atom. The Labute approximate surface area is 130 Å². The first kappa shape index (κ1) is 13.7. The number of halogens is 2. The third-order valence-corrected chi connectivity index (χ3v) is 4.73. The van der Waals surface area contributed by atoms with E-state index >= 15 is 0 Å². The Balaban J connectivity index is 2.07. The van der Waals surface area contributed by atoms with E-state index in [9.17, 15) is 4.79 Å². The van der Waals surface area contributed by atoms with Gasteiger partial charge in [0.05, 0.1) is 5.56 Å². The van der Waals surface area contributed by atoms with Crippen LogP contribution in [0.15, 0.2) is 42.5 Å². The summed E-state index contributed by atoms with van der Waals surface area (Å²) in [6.45, 7) is 1.90. The maximum atomic E-state index is 12.5. The highest BCUT2D eigenvalue weighted by Gasteiger charge is 2.36. The van der Waals surface area contributed by atoms with Crippen LogP contribution >= 0.6 is 27.5 Å². The van der Waals surface area contributed by atoms with E-state index in [1.54, 1.807) is 6.07 Å². The van der Waals surface area contributed by atoms with E-state index in [0.717, 1.165) is 11.1 Å². The van der Waals surface area contributed by atoms with Crippen molar-refractivity contribution in [1.29, 1.82) is 0 Å². The van der Waals surface area contributed by atoms with Crippen LogP contribution in [0.3, 0.4) is 0 Å². The van der Waals surface area contributed by atoms with Gasteiger partial charge in [0.15, 0.2) is 5.78 Å². The number of hydrogen-bond acceptors (Lipinski definition) is 2. The quantitative estimate of drug-likeness (QED) is 0.694. The van der Waals surface area contributed by atoms with Crippen molar-refractivity contribution in [3.8, 4) is 5.75 Å². The Bertz CT molecular complexity index is 670. The molecule has 0 fully saturated rings. The predicted molar refractivity (Wildman–Crippen MR) is 83.0 cm³/mol. The Morgan fingerprint density at radius 3 is 2.60 bits per heavy atom. The summed E-state index contributed by atoms with van der Waals surface area (Å²) in [6, 6.07) is 13.2. The molecule has 1 aliphatic rings. The maximum absolute atomic E-state index is 12.5. The highest BCUT2D eigenvalue weighted by molar-refractivity contribution is 9.10. The van der Waals surface area contributed by atoms with Gasteiger partial charge >= 0.3 is 0 Å². The van der Waals surface area contributed by atoms with Gasteiger partial charge in [0.1, 0.15) is 16.7 Å². The smallest absolute Gasteiger partial charge is 0.184 e. The second kappa shape index (κ2) is 5.23. The lowest BCUT2D eigenvalue weighted by atomic mass is 9.95. The molecule has 0 radical (unpaired) electrons. The lowest BCUT2D eigenvalue weighted by Gasteiger charge is -2.30. The fraction of sp³-hybridized carbons (Fsp3) is 0.188. The van der Waals surface area contributed by atoms with Gasteiger partial charge in [-0.1, -0.05) is 57.9 Å². The van der Waals surface area contributed by atoms with Gasteiger partial charge in [0.2, 0.25) is 0 Å². The number of benzene rings is 2. The molecule has 0 bridgehead atoms. The molecule has 0 amide bonds. The molecule has 20 heavy (non-hydrogen) atoms. The Kier molecular flexibility index (Phi) is 3.57. The van der Waals surface area contributed by atoms with E-state index in [4.69, 9.17) is 16.3 Å². The van der Waals surface area contributed by atoms with Crippen molar-refractivity contribution in [1.82, 2.24) is 0 Å². The fourth-order valence-electron chi connectivity index (χ4n) is 2.31. The molecule has 3 rings (SSSR count). The van der Waals surface area contributed by atoms with E-state index in [1.807, 2.05) is 43.3 Å². The normalized spacial score (nSPS) is 21.2. The largest absolute Gasteiger partial charge is 0.483 e. The van der Waals surface area contributed by atoms with Crippen molar-refractivity contribution in [2.24, 2.45) is 0 Å². The molecule has 2 aromatic carbocycles. The van der Waals surface area contributed by atoms with Gasteiger partial charge in [-0.15, -0.1) is 0 Å². The zero-order chi connectivity index (χ0) is 14.3. The number of Topliss-reactive ketones (excluding diaryl/α,β-unsaturated/α-hetero) is 1. The first-order valence-corrected chi connectivity index (χ1v) is 7.57. The third-order valence-electron chi connectivity index (χ3n) is 3.42. The van der Waals surface area contributed by atoms with Crippen LogP contribution in [-0.2, 0) is 0 Å². The van der Waals surface area contributed by atoms with Crippen LogP contribution in [0.4, 0.5) is 0 Å². The SMILES string of the molecule is Cc1cc2c(cc1Cl)C(=O)[C@H](Br)[C@H](c1ccccc1)O2. The van der Waals surface area contributed by atoms with Gasteiger partial charge in [-0.25, -0.2) is 0 Å². The van der Waals surface area contributed by atoms with Gasteiger partial charge in [-0.05, 0) is 30.2 Å². The monoisotopic (exact) mass is 350 g/mol. The van der Waals surface area contributed by atoms with Crippen molar-refractivity contribution in [3.05, 3.63) is 64.2 Å². The second-order valence-electron chi connectivity index (χ2n) is 4.81. The first-order valence-electron chi connectivity index (χ1n) is 6.28. The van der Waals surface area contributed by atoms with Gasteiger partial charge in [0, 0.05) is 5.02 Å². The number of carbonyl (C=O) groups excluding carboxylic acids is 1. The first-order chi connectivity index (χ1) is 9.58. The number of rotatable bonds is 1. The molecule has 0 aliphatic carbocycles. The minimum absolute atomic E-state index is 0.00185. The molecule has 0 spiro atoms. The highest BCUT2D eigenvalue weighted by Crippen LogP contribution is 2.40. The average molecular weight is 352 g/mol. The molecule has 0 saturated carbocycles. The predicted octanol–water partition coefficient (Wildman–Crippen LogP) is 4.73. The van der Waals surface area contributed by atoms with E-state index in [2.05, 4.69) is 15.9 Å². The summed E-state index contributed by atoms with van der Waals surface area (Å²) in [5.41, 5.74) is 2.41.